The molecule has 0 aliphatic carbocycles. The van der Waals surface area contributed by atoms with Gasteiger partial charge in [-0.15, -0.1) is 0 Å². The number of rotatable bonds is 6. The predicted octanol–water partition coefficient (Wildman–Crippen LogP) is 1.28. The van der Waals surface area contributed by atoms with Crippen molar-refractivity contribution >= 4 is 21.6 Å². The van der Waals surface area contributed by atoms with Gasteiger partial charge in [0.2, 0.25) is 10.0 Å². The summed E-state index contributed by atoms with van der Waals surface area (Å²) in [5, 5.41) is 0.357. The van der Waals surface area contributed by atoms with Crippen LogP contribution in [-0.2, 0) is 23.1 Å². The summed E-state index contributed by atoms with van der Waals surface area (Å²) in [6, 6.07) is 3.12. The molecular weight excluding hydrogens is 312 g/mol. The van der Waals surface area contributed by atoms with Gasteiger partial charge in [-0.25, -0.2) is 18.1 Å². The Morgan fingerprint density at radius 2 is 2.19 bits per heavy atom. The van der Waals surface area contributed by atoms with Gasteiger partial charge in [-0.1, -0.05) is 11.6 Å². The van der Waals surface area contributed by atoms with Gasteiger partial charge in [0.1, 0.15) is 0 Å². The van der Waals surface area contributed by atoms with E-state index in [4.69, 9.17) is 17.3 Å². The molecule has 8 heteroatoms. The van der Waals surface area contributed by atoms with E-state index in [-0.39, 0.29) is 18.0 Å². The van der Waals surface area contributed by atoms with Gasteiger partial charge >= 0.3 is 0 Å². The predicted molar refractivity (Wildman–Crippen MR) is 81.5 cm³/mol. The second kappa shape index (κ2) is 6.57. The lowest BCUT2D eigenvalue weighted by Gasteiger charge is -2.13. The molecule has 114 valence electrons. The standard InChI is InChI=1S/C13H17ClN4O2S/c1-10-11(8-15)6-12(14)7-13(10)21(19,20)17-3-5-18-4-2-16-9-18/h2,4,6-7,9,17H,3,5,8,15H2,1H3. The molecule has 0 aliphatic heterocycles. The Labute approximate surface area is 129 Å². The summed E-state index contributed by atoms with van der Waals surface area (Å²) in [4.78, 5) is 4.07. The molecule has 2 rings (SSSR count). The fraction of sp³-hybridized carbons (Fsp3) is 0.308. The first-order chi connectivity index (χ1) is 9.94. The third-order valence-electron chi connectivity index (χ3n) is 3.16. The first-order valence-electron chi connectivity index (χ1n) is 6.38. The van der Waals surface area contributed by atoms with Crippen LogP contribution >= 0.6 is 11.6 Å². The number of hydrogen-bond acceptors (Lipinski definition) is 4. The van der Waals surface area contributed by atoms with Crippen LogP contribution in [-0.4, -0.2) is 24.5 Å². The normalized spacial score (nSPS) is 11.8. The average Bonchev–Trinajstić information content (AvgIpc) is 2.93. The lowest BCUT2D eigenvalue weighted by Crippen LogP contribution is -2.28. The van der Waals surface area contributed by atoms with E-state index in [2.05, 4.69) is 9.71 Å². The molecule has 3 N–H and O–H groups in total. The van der Waals surface area contributed by atoms with Crippen molar-refractivity contribution in [3.63, 3.8) is 0 Å². The zero-order valence-corrected chi connectivity index (χ0v) is 13.2. The number of nitrogens with zero attached hydrogens (tertiary/aromatic N) is 2. The van der Waals surface area contributed by atoms with Crippen LogP contribution in [0.3, 0.4) is 0 Å². The minimum Gasteiger partial charge on any atom is -0.336 e. The van der Waals surface area contributed by atoms with E-state index in [1.807, 2.05) is 0 Å². The first kappa shape index (κ1) is 16.0. The van der Waals surface area contributed by atoms with E-state index in [1.54, 1.807) is 36.3 Å². The third-order valence-corrected chi connectivity index (χ3v) is 4.97. The van der Waals surface area contributed by atoms with Gasteiger partial charge in [-0.05, 0) is 30.2 Å². The number of hydrogen-bond donors (Lipinski definition) is 2. The minimum absolute atomic E-state index is 0.168. The van der Waals surface area contributed by atoms with Crippen molar-refractivity contribution in [2.24, 2.45) is 5.73 Å². The maximum atomic E-state index is 12.4. The Morgan fingerprint density at radius 1 is 1.43 bits per heavy atom. The monoisotopic (exact) mass is 328 g/mol. The Bertz CT molecular complexity index is 714. The molecule has 1 heterocycles. The second-order valence-corrected chi connectivity index (χ2v) is 6.76. The minimum atomic E-state index is -3.62. The van der Waals surface area contributed by atoms with Crippen molar-refractivity contribution < 1.29 is 8.42 Å². The van der Waals surface area contributed by atoms with Crippen LogP contribution in [0.25, 0.3) is 0 Å². The van der Waals surface area contributed by atoms with Crippen molar-refractivity contribution in [2.45, 2.75) is 24.9 Å². The van der Waals surface area contributed by atoms with Crippen molar-refractivity contribution in [1.29, 1.82) is 0 Å². The van der Waals surface area contributed by atoms with E-state index < -0.39 is 10.0 Å². The van der Waals surface area contributed by atoms with Crippen LogP contribution in [0.1, 0.15) is 11.1 Å². The third kappa shape index (κ3) is 3.82. The number of aromatic nitrogens is 2. The molecule has 6 nitrogen and oxygen atoms in total. The molecule has 1 aromatic carbocycles. The first-order valence-corrected chi connectivity index (χ1v) is 8.24. The zero-order valence-electron chi connectivity index (χ0n) is 11.6. The van der Waals surface area contributed by atoms with Gasteiger partial charge in [0.15, 0.2) is 0 Å². The fourth-order valence-electron chi connectivity index (χ4n) is 2.01. The molecule has 0 fully saturated rings. The van der Waals surface area contributed by atoms with Crippen molar-refractivity contribution in [3.05, 3.63) is 47.0 Å². The van der Waals surface area contributed by atoms with Gasteiger partial charge in [-0.2, -0.15) is 0 Å². The van der Waals surface area contributed by atoms with Gasteiger partial charge < -0.3 is 10.3 Å². The summed E-state index contributed by atoms with van der Waals surface area (Å²) >= 11 is 5.96. The topological polar surface area (TPSA) is 90.0 Å². The second-order valence-electron chi connectivity index (χ2n) is 4.59. The zero-order chi connectivity index (χ0) is 15.5. The highest BCUT2D eigenvalue weighted by Crippen LogP contribution is 2.24. The summed E-state index contributed by atoms with van der Waals surface area (Å²) in [6.07, 6.45) is 5.04. The van der Waals surface area contributed by atoms with E-state index >= 15 is 0 Å². The Kier molecular flexibility index (Phi) is 5.00. The number of nitrogens with one attached hydrogen (secondary N) is 1. The fourth-order valence-corrected chi connectivity index (χ4v) is 3.64. The molecular formula is C13H17ClN4O2S. The highest BCUT2D eigenvalue weighted by Gasteiger charge is 2.19. The Hall–Kier alpha value is -1.41. The van der Waals surface area contributed by atoms with E-state index in [1.165, 1.54) is 6.07 Å². The van der Waals surface area contributed by atoms with Crippen molar-refractivity contribution in [1.82, 2.24) is 14.3 Å². The van der Waals surface area contributed by atoms with Crippen LogP contribution < -0.4 is 10.5 Å². The van der Waals surface area contributed by atoms with Gasteiger partial charge in [0, 0.05) is 37.1 Å². The summed E-state index contributed by atoms with van der Waals surface area (Å²) in [6.45, 7) is 2.73. The molecule has 0 saturated carbocycles. The molecule has 0 bridgehead atoms. The number of halogens is 1. The molecule has 0 atom stereocenters. The number of imidazole rings is 1. The van der Waals surface area contributed by atoms with E-state index in [9.17, 15) is 8.42 Å². The van der Waals surface area contributed by atoms with E-state index in [0.29, 0.717) is 17.1 Å². The summed E-state index contributed by atoms with van der Waals surface area (Å²) in [7, 11) is -3.62. The Balaban J connectivity index is 2.17. The van der Waals surface area contributed by atoms with Crippen LogP contribution in [0.2, 0.25) is 5.02 Å². The van der Waals surface area contributed by atoms with E-state index in [0.717, 1.165) is 5.56 Å². The summed E-state index contributed by atoms with van der Waals surface area (Å²) < 4.78 is 29.1. The maximum absolute atomic E-state index is 12.4. The number of sulfonamides is 1. The average molecular weight is 329 g/mol. The van der Waals surface area contributed by atoms with Crippen LogP contribution in [0, 0.1) is 6.92 Å². The molecule has 0 amide bonds. The molecule has 2 aromatic rings. The van der Waals surface area contributed by atoms with Gasteiger partial charge in [-0.3, -0.25) is 0 Å². The van der Waals surface area contributed by atoms with Crippen molar-refractivity contribution in [3.8, 4) is 0 Å². The largest absolute Gasteiger partial charge is 0.336 e. The maximum Gasteiger partial charge on any atom is 0.240 e. The van der Waals surface area contributed by atoms with Crippen molar-refractivity contribution in [2.75, 3.05) is 6.54 Å². The lowest BCUT2D eigenvalue weighted by atomic mass is 10.1. The highest BCUT2D eigenvalue weighted by atomic mass is 35.5. The number of nitrogens with two attached hydrogens (primary N) is 1. The molecule has 1 aromatic heterocycles. The molecule has 0 aliphatic rings. The molecule has 21 heavy (non-hydrogen) atoms. The molecule has 0 spiro atoms. The SMILES string of the molecule is Cc1c(CN)cc(Cl)cc1S(=O)(=O)NCCn1ccnc1. The lowest BCUT2D eigenvalue weighted by molar-refractivity contribution is 0.572. The summed E-state index contributed by atoms with van der Waals surface area (Å²) in [5.41, 5.74) is 6.95. The van der Waals surface area contributed by atoms with Gasteiger partial charge in [0.05, 0.1) is 11.2 Å². The van der Waals surface area contributed by atoms with Crippen LogP contribution in [0.4, 0.5) is 0 Å². The van der Waals surface area contributed by atoms with Crippen LogP contribution in [0.5, 0.6) is 0 Å². The quantitative estimate of drug-likeness (QED) is 0.836. The Morgan fingerprint density at radius 3 is 2.81 bits per heavy atom. The van der Waals surface area contributed by atoms with Crippen LogP contribution in [0.15, 0.2) is 35.7 Å². The summed E-state index contributed by atoms with van der Waals surface area (Å²) in [5.74, 6) is 0. The molecule has 0 unspecified atom stereocenters. The smallest absolute Gasteiger partial charge is 0.240 e. The molecule has 0 saturated heterocycles. The highest BCUT2D eigenvalue weighted by molar-refractivity contribution is 7.89. The number of benzene rings is 1. The van der Waals surface area contributed by atoms with Gasteiger partial charge in [0.25, 0.3) is 0 Å². The molecule has 0 radical (unpaired) electrons.